The molecule has 1 aromatic rings. The zero-order valence-electron chi connectivity index (χ0n) is 7.26. The van der Waals surface area contributed by atoms with Crippen LogP contribution in [0, 0.1) is 6.92 Å². The minimum atomic E-state index is 0.911. The standard InChI is InChI=1S/C10H13NS/c1-7-5-9(11)6-8-3-2-4-12-10(7)8/h5-6H,2-4,11H2,1H3. The molecule has 0 aromatic heterocycles. The molecule has 64 valence electrons. The molecule has 1 nitrogen and oxygen atoms in total. The van der Waals surface area contributed by atoms with Gasteiger partial charge in [0, 0.05) is 10.6 Å². The van der Waals surface area contributed by atoms with Crippen molar-refractivity contribution in [1.29, 1.82) is 0 Å². The highest BCUT2D eigenvalue weighted by molar-refractivity contribution is 7.99. The van der Waals surface area contributed by atoms with Crippen LogP contribution >= 0.6 is 11.8 Å². The third-order valence-corrected chi connectivity index (χ3v) is 3.58. The molecule has 0 saturated carbocycles. The average Bonchev–Trinajstić information content (AvgIpc) is 2.04. The number of benzene rings is 1. The first-order chi connectivity index (χ1) is 5.77. The number of fused-ring (bicyclic) bond motifs is 1. The Bertz CT molecular complexity index is 307. The van der Waals surface area contributed by atoms with Crippen LogP contribution in [0.2, 0.25) is 0 Å². The molecule has 0 fully saturated rings. The van der Waals surface area contributed by atoms with Crippen molar-refractivity contribution in [3.05, 3.63) is 23.3 Å². The van der Waals surface area contributed by atoms with E-state index in [-0.39, 0.29) is 0 Å². The van der Waals surface area contributed by atoms with E-state index in [0.29, 0.717) is 0 Å². The smallest absolute Gasteiger partial charge is 0.0320 e. The summed E-state index contributed by atoms with van der Waals surface area (Å²) in [7, 11) is 0. The Hall–Kier alpha value is -0.630. The molecule has 1 aromatic carbocycles. The van der Waals surface area contributed by atoms with E-state index in [1.54, 1.807) is 0 Å². The molecule has 0 unspecified atom stereocenters. The molecule has 2 heteroatoms. The first-order valence-corrected chi connectivity index (χ1v) is 5.28. The second-order valence-electron chi connectivity index (χ2n) is 3.28. The Morgan fingerprint density at radius 2 is 2.25 bits per heavy atom. The molecule has 0 atom stereocenters. The maximum atomic E-state index is 5.77. The van der Waals surface area contributed by atoms with Crippen LogP contribution in [0.4, 0.5) is 5.69 Å². The van der Waals surface area contributed by atoms with E-state index >= 15 is 0 Å². The summed E-state index contributed by atoms with van der Waals surface area (Å²) >= 11 is 1.97. The van der Waals surface area contributed by atoms with E-state index in [9.17, 15) is 0 Å². The molecule has 0 bridgehead atoms. The summed E-state index contributed by atoms with van der Waals surface area (Å²) in [4.78, 5) is 1.47. The second kappa shape index (κ2) is 3.02. The molecule has 2 N–H and O–H groups in total. The van der Waals surface area contributed by atoms with Gasteiger partial charge in [0.05, 0.1) is 0 Å². The predicted molar refractivity (Wildman–Crippen MR) is 54.6 cm³/mol. The van der Waals surface area contributed by atoms with Crippen LogP contribution < -0.4 is 5.73 Å². The maximum Gasteiger partial charge on any atom is 0.0320 e. The van der Waals surface area contributed by atoms with Gasteiger partial charge in [-0.25, -0.2) is 0 Å². The van der Waals surface area contributed by atoms with Gasteiger partial charge in [0.25, 0.3) is 0 Å². The van der Waals surface area contributed by atoms with Crippen molar-refractivity contribution in [2.24, 2.45) is 0 Å². The topological polar surface area (TPSA) is 26.0 Å². The normalized spacial score (nSPS) is 15.8. The molecule has 0 saturated heterocycles. The molecule has 12 heavy (non-hydrogen) atoms. The van der Waals surface area contributed by atoms with Crippen LogP contribution in [0.3, 0.4) is 0 Å². The van der Waals surface area contributed by atoms with Gasteiger partial charge in [-0.3, -0.25) is 0 Å². The third-order valence-electron chi connectivity index (χ3n) is 2.21. The molecule has 1 aliphatic rings. The van der Waals surface area contributed by atoms with Gasteiger partial charge in [-0.05, 0) is 48.8 Å². The second-order valence-corrected chi connectivity index (χ2v) is 4.38. The third kappa shape index (κ3) is 1.31. The largest absolute Gasteiger partial charge is 0.399 e. The lowest BCUT2D eigenvalue weighted by molar-refractivity contribution is 0.884. The van der Waals surface area contributed by atoms with Gasteiger partial charge in [-0.2, -0.15) is 0 Å². The Kier molecular flexibility index (Phi) is 2.01. The Morgan fingerprint density at radius 1 is 1.42 bits per heavy atom. The van der Waals surface area contributed by atoms with Crippen molar-refractivity contribution in [3.8, 4) is 0 Å². The van der Waals surface area contributed by atoms with Crippen LogP contribution in [0.15, 0.2) is 17.0 Å². The molecular formula is C10H13NS. The predicted octanol–water partition coefficient (Wildman–Crippen LogP) is 2.62. The number of nitrogen functional groups attached to an aromatic ring is 1. The fraction of sp³-hybridized carbons (Fsp3) is 0.400. The SMILES string of the molecule is Cc1cc(N)cc2c1SCCC2. The van der Waals surface area contributed by atoms with Crippen molar-refractivity contribution in [1.82, 2.24) is 0 Å². The van der Waals surface area contributed by atoms with E-state index in [1.807, 2.05) is 11.8 Å². The minimum Gasteiger partial charge on any atom is -0.399 e. The van der Waals surface area contributed by atoms with Gasteiger partial charge in [0.2, 0.25) is 0 Å². The van der Waals surface area contributed by atoms with Crippen LogP contribution in [0.25, 0.3) is 0 Å². The monoisotopic (exact) mass is 179 g/mol. The lowest BCUT2D eigenvalue weighted by atomic mass is 10.1. The van der Waals surface area contributed by atoms with E-state index in [2.05, 4.69) is 19.1 Å². The van der Waals surface area contributed by atoms with Gasteiger partial charge in [-0.1, -0.05) is 0 Å². The van der Waals surface area contributed by atoms with E-state index in [1.165, 1.54) is 34.6 Å². The van der Waals surface area contributed by atoms with E-state index < -0.39 is 0 Å². The van der Waals surface area contributed by atoms with Gasteiger partial charge in [0.15, 0.2) is 0 Å². The fourth-order valence-corrected chi connectivity index (χ4v) is 2.83. The summed E-state index contributed by atoms with van der Waals surface area (Å²) in [5.41, 5.74) is 9.47. The molecule has 0 radical (unpaired) electrons. The molecule has 2 rings (SSSR count). The van der Waals surface area contributed by atoms with Crippen LogP contribution in [0.1, 0.15) is 17.5 Å². The maximum absolute atomic E-state index is 5.77. The molecular weight excluding hydrogens is 166 g/mol. The number of rotatable bonds is 0. The van der Waals surface area contributed by atoms with Crippen molar-refractivity contribution >= 4 is 17.4 Å². The summed E-state index contributed by atoms with van der Waals surface area (Å²) in [5.74, 6) is 1.26. The molecule has 0 amide bonds. The number of nitrogens with two attached hydrogens (primary N) is 1. The number of anilines is 1. The summed E-state index contributed by atoms with van der Waals surface area (Å²) in [6.07, 6.45) is 2.49. The lowest BCUT2D eigenvalue weighted by Gasteiger charge is -2.17. The highest BCUT2D eigenvalue weighted by Crippen LogP contribution is 2.34. The van der Waals surface area contributed by atoms with Crippen molar-refractivity contribution in [3.63, 3.8) is 0 Å². The number of hydrogen-bond acceptors (Lipinski definition) is 2. The number of aryl methyl sites for hydroxylation is 2. The summed E-state index contributed by atoms with van der Waals surface area (Å²) in [5, 5.41) is 0. The lowest BCUT2D eigenvalue weighted by Crippen LogP contribution is -2.01. The molecule has 1 aliphatic heterocycles. The van der Waals surface area contributed by atoms with E-state index in [4.69, 9.17) is 5.73 Å². The summed E-state index contributed by atoms with van der Waals surface area (Å²) in [6.45, 7) is 2.15. The average molecular weight is 179 g/mol. The Labute approximate surface area is 77.3 Å². The highest BCUT2D eigenvalue weighted by Gasteiger charge is 2.11. The summed E-state index contributed by atoms with van der Waals surface area (Å²) in [6, 6.07) is 4.19. The van der Waals surface area contributed by atoms with Crippen molar-refractivity contribution in [2.75, 3.05) is 11.5 Å². The Morgan fingerprint density at radius 3 is 3.08 bits per heavy atom. The molecule has 1 heterocycles. The first kappa shape index (κ1) is 7.99. The first-order valence-electron chi connectivity index (χ1n) is 4.29. The van der Waals surface area contributed by atoms with E-state index in [0.717, 1.165) is 5.69 Å². The minimum absolute atomic E-state index is 0.911. The quantitative estimate of drug-likeness (QED) is 0.619. The van der Waals surface area contributed by atoms with Crippen LogP contribution in [0.5, 0.6) is 0 Å². The molecule has 0 spiro atoms. The van der Waals surface area contributed by atoms with Gasteiger partial charge in [0.1, 0.15) is 0 Å². The van der Waals surface area contributed by atoms with Crippen molar-refractivity contribution in [2.45, 2.75) is 24.7 Å². The van der Waals surface area contributed by atoms with Gasteiger partial charge in [-0.15, -0.1) is 11.8 Å². The van der Waals surface area contributed by atoms with Crippen LogP contribution in [-0.4, -0.2) is 5.75 Å². The zero-order chi connectivity index (χ0) is 8.55. The van der Waals surface area contributed by atoms with Gasteiger partial charge >= 0.3 is 0 Å². The highest BCUT2D eigenvalue weighted by atomic mass is 32.2. The van der Waals surface area contributed by atoms with Gasteiger partial charge < -0.3 is 5.73 Å². The summed E-state index contributed by atoms with van der Waals surface area (Å²) < 4.78 is 0. The zero-order valence-corrected chi connectivity index (χ0v) is 8.08. The fourth-order valence-electron chi connectivity index (χ4n) is 1.71. The Balaban J connectivity index is 2.53. The molecule has 0 aliphatic carbocycles. The van der Waals surface area contributed by atoms with Crippen LogP contribution in [-0.2, 0) is 6.42 Å². The number of hydrogen-bond donors (Lipinski definition) is 1. The number of thioether (sulfide) groups is 1. The van der Waals surface area contributed by atoms with Crippen molar-refractivity contribution < 1.29 is 0 Å².